The highest BCUT2D eigenvalue weighted by Gasteiger charge is 2.42. The van der Waals surface area contributed by atoms with Crippen molar-refractivity contribution >= 4 is 5.91 Å². The minimum Gasteiger partial charge on any atom is -0.383 e. The lowest BCUT2D eigenvalue weighted by Gasteiger charge is -2.32. The fourth-order valence-electron chi connectivity index (χ4n) is 3.82. The van der Waals surface area contributed by atoms with Gasteiger partial charge in [-0.05, 0) is 36.5 Å². The van der Waals surface area contributed by atoms with Gasteiger partial charge in [-0.2, -0.15) is 0 Å². The van der Waals surface area contributed by atoms with Crippen LogP contribution in [0, 0.1) is 23.7 Å². The van der Waals surface area contributed by atoms with Crippen molar-refractivity contribution in [3.05, 3.63) is 0 Å². The standard InChI is InChI=1S/C16H28N2O3/c1-20-5-4-17-16(19)6-13-10-21-11-14-8-18(9-15(13)14)7-12-2-3-12/h12-15H,2-11H2,1H3,(H,17,19)/t13-,14-,15+/m1/s1. The molecule has 1 amide bonds. The van der Waals surface area contributed by atoms with Crippen molar-refractivity contribution in [2.75, 3.05) is 53.1 Å². The zero-order valence-electron chi connectivity index (χ0n) is 13.1. The summed E-state index contributed by atoms with van der Waals surface area (Å²) < 4.78 is 10.7. The highest BCUT2D eigenvalue weighted by atomic mass is 16.5. The van der Waals surface area contributed by atoms with Crippen LogP contribution >= 0.6 is 0 Å². The van der Waals surface area contributed by atoms with Gasteiger partial charge in [0, 0.05) is 39.7 Å². The molecule has 1 N–H and O–H groups in total. The number of methoxy groups -OCH3 is 1. The second kappa shape index (κ2) is 7.07. The number of nitrogens with zero attached hydrogens (tertiary/aromatic N) is 1. The Balaban J connectivity index is 1.47. The van der Waals surface area contributed by atoms with Gasteiger partial charge in [-0.1, -0.05) is 0 Å². The summed E-state index contributed by atoms with van der Waals surface area (Å²) in [5.74, 6) is 2.75. The summed E-state index contributed by atoms with van der Waals surface area (Å²) in [6.07, 6.45) is 3.42. The van der Waals surface area contributed by atoms with Crippen molar-refractivity contribution in [1.82, 2.24) is 10.2 Å². The summed E-state index contributed by atoms with van der Waals surface area (Å²) in [6.45, 7) is 6.41. The predicted molar refractivity (Wildman–Crippen MR) is 80.0 cm³/mol. The molecule has 0 aromatic rings. The number of fused-ring (bicyclic) bond motifs is 1. The Hall–Kier alpha value is -0.650. The molecule has 3 rings (SSSR count). The van der Waals surface area contributed by atoms with Crippen molar-refractivity contribution in [1.29, 1.82) is 0 Å². The molecule has 0 bridgehead atoms. The van der Waals surface area contributed by atoms with E-state index in [0.717, 1.165) is 19.1 Å². The summed E-state index contributed by atoms with van der Waals surface area (Å²) in [5, 5.41) is 2.93. The first-order valence-corrected chi connectivity index (χ1v) is 8.32. The van der Waals surface area contributed by atoms with E-state index in [1.165, 1.54) is 32.5 Å². The molecular weight excluding hydrogens is 268 g/mol. The molecule has 5 nitrogen and oxygen atoms in total. The Morgan fingerprint density at radius 1 is 1.33 bits per heavy atom. The smallest absolute Gasteiger partial charge is 0.220 e. The van der Waals surface area contributed by atoms with Crippen LogP contribution in [0.25, 0.3) is 0 Å². The van der Waals surface area contributed by atoms with E-state index in [1.807, 2.05) is 0 Å². The predicted octanol–water partition coefficient (Wildman–Crippen LogP) is 0.744. The molecule has 5 heteroatoms. The first-order chi connectivity index (χ1) is 10.3. The number of carbonyl (C=O) groups is 1. The van der Waals surface area contributed by atoms with Crippen molar-refractivity contribution in [2.45, 2.75) is 19.3 Å². The fraction of sp³-hybridized carbons (Fsp3) is 0.938. The Morgan fingerprint density at radius 3 is 2.95 bits per heavy atom. The lowest BCUT2D eigenvalue weighted by atomic mass is 9.81. The van der Waals surface area contributed by atoms with Gasteiger partial charge in [-0.3, -0.25) is 4.79 Å². The molecule has 0 spiro atoms. The Morgan fingerprint density at radius 2 is 2.19 bits per heavy atom. The molecule has 120 valence electrons. The van der Waals surface area contributed by atoms with E-state index in [1.54, 1.807) is 7.11 Å². The second-order valence-corrected chi connectivity index (χ2v) is 6.93. The van der Waals surface area contributed by atoms with Crippen LogP contribution in [0.2, 0.25) is 0 Å². The van der Waals surface area contributed by atoms with Crippen molar-refractivity contribution in [2.24, 2.45) is 23.7 Å². The second-order valence-electron chi connectivity index (χ2n) is 6.93. The summed E-state index contributed by atoms with van der Waals surface area (Å²) in [5.41, 5.74) is 0. The van der Waals surface area contributed by atoms with E-state index in [4.69, 9.17) is 9.47 Å². The van der Waals surface area contributed by atoms with Crippen molar-refractivity contribution < 1.29 is 14.3 Å². The van der Waals surface area contributed by atoms with E-state index >= 15 is 0 Å². The van der Waals surface area contributed by atoms with Gasteiger partial charge >= 0.3 is 0 Å². The minimum absolute atomic E-state index is 0.141. The molecule has 0 aromatic carbocycles. The number of ether oxygens (including phenoxy) is 2. The molecule has 0 aromatic heterocycles. The topological polar surface area (TPSA) is 50.8 Å². The number of amides is 1. The molecule has 3 aliphatic rings. The molecule has 21 heavy (non-hydrogen) atoms. The third-order valence-electron chi connectivity index (χ3n) is 5.13. The van der Waals surface area contributed by atoms with Crippen LogP contribution in [0.1, 0.15) is 19.3 Å². The molecular formula is C16H28N2O3. The van der Waals surface area contributed by atoms with E-state index < -0.39 is 0 Å². The van der Waals surface area contributed by atoms with Gasteiger partial charge in [0.05, 0.1) is 19.8 Å². The minimum atomic E-state index is 0.141. The van der Waals surface area contributed by atoms with E-state index in [-0.39, 0.29) is 5.91 Å². The maximum Gasteiger partial charge on any atom is 0.220 e. The van der Waals surface area contributed by atoms with E-state index in [9.17, 15) is 4.79 Å². The van der Waals surface area contributed by atoms with Gasteiger partial charge in [0.2, 0.25) is 5.91 Å². The highest BCUT2D eigenvalue weighted by Crippen LogP contribution is 2.38. The SMILES string of the molecule is COCCNC(=O)C[C@@H]1COC[C@H]2CN(CC3CC3)C[C@@H]12. The maximum absolute atomic E-state index is 12.0. The zero-order valence-corrected chi connectivity index (χ0v) is 13.1. The first kappa shape index (κ1) is 15.3. The van der Waals surface area contributed by atoms with Gasteiger partial charge < -0.3 is 19.7 Å². The van der Waals surface area contributed by atoms with Crippen LogP contribution in [-0.4, -0.2) is 63.9 Å². The highest BCUT2D eigenvalue weighted by molar-refractivity contribution is 5.76. The van der Waals surface area contributed by atoms with Crippen molar-refractivity contribution in [3.63, 3.8) is 0 Å². The Kier molecular flexibility index (Phi) is 5.14. The van der Waals surface area contributed by atoms with Gasteiger partial charge in [0.1, 0.15) is 0 Å². The van der Waals surface area contributed by atoms with E-state index in [2.05, 4.69) is 10.2 Å². The van der Waals surface area contributed by atoms with Crippen LogP contribution in [0.15, 0.2) is 0 Å². The summed E-state index contributed by atoms with van der Waals surface area (Å²) in [6, 6.07) is 0. The van der Waals surface area contributed by atoms with Gasteiger partial charge in [-0.25, -0.2) is 0 Å². The molecule has 2 saturated heterocycles. The first-order valence-electron chi connectivity index (χ1n) is 8.32. The summed E-state index contributed by atoms with van der Waals surface area (Å²) >= 11 is 0. The summed E-state index contributed by atoms with van der Waals surface area (Å²) in [4.78, 5) is 14.6. The summed E-state index contributed by atoms with van der Waals surface area (Å²) in [7, 11) is 1.65. The molecule has 1 saturated carbocycles. The zero-order chi connectivity index (χ0) is 14.7. The van der Waals surface area contributed by atoms with Crippen LogP contribution in [-0.2, 0) is 14.3 Å². The molecule has 2 heterocycles. The van der Waals surface area contributed by atoms with Gasteiger partial charge in [-0.15, -0.1) is 0 Å². The number of rotatable bonds is 7. The molecule has 1 aliphatic carbocycles. The van der Waals surface area contributed by atoms with Crippen molar-refractivity contribution in [3.8, 4) is 0 Å². The fourth-order valence-corrected chi connectivity index (χ4v) is 3.82. The van der Waals surface area contributed by atoms with Crippen LogP contribution in [0.5, 0.6) is 0 Å². The van der Waals surface area contributed by atoms with Crippen LogP contribution in [0.4, 0.5) is 0 Å². The van der Waals surface area contributed by atoms with Crippen LogP contribution in [0.3, 0.4) is 0 Å². The monoisotopic (exact) mass is 296 g/mol. The third-order valence-corrected chi connectivity index (χ3v) is 5.13. The van der Waals surface area contributed by atoms with Gasteiger partial charge in [0.25, 0.3) is 0 Å². The van der Waals surface area contributed by atoms with E-state index in [0.29, 0.717) is 37.3 Å². The number of hydrogen-bond acceptors (Lipinski definition) is 4. The number of nitrogens with one attached hydrogen (secondary N) is 1. The lowest BCUT2D eigenvalue weighted by molar-refractivity contribution is -0.124. The van der Waals surface area contributed by atoms with Gasteiger partial charge in [0.15, 0.2) is 0 Å². The molecule has 0 radical (unpaired) electrons. The number of likely N-dealkylation sites (tertiary alicyclic amines) is 1. The normalized spacial score (nSPS) is 32.9. The van der Waals surface area contributed by atoms with Crippen LogP contribution < -0.4 is 5.32 Å². The Labute approximate surface area is 127 Å². The Bertz CT molecular complexity index is 359. The average molecular weight is 296 g/mol. The maximum atomic E-state index is 12.0. The number of hydrogen-bond donors (Lipinski definition) is 1. The quantitative estimate of drug-likeness (QED) is 0.704. The molecule has 3 atom stereocenters. The average Bonchev–Trinajstić information content (AvgIpc) is 3.16. The lowest BCUT2D eigenvalue weighted by Crippen LogP contribution is -2.38. The molecule has 3 fully saturated rings. The third kappa shape index (κ3) is 4.18. The molecule has 2 aliphatic heterocycles. The number of carbonyl (C=O) groups excluding carboxylic acids is 1. The largest absolute Gasteiger partial charge is 0.383 e. The molecule has 0 unspecified atom stereocenters.